The molecule has 0 amide bonds. The maximum atomic E-state index is 4.48. The van der Waals surface area contributed by atoms with Crippen LogP contribution in [0.1, 0.15) is 35.7 Å². The number of piperidine rings is 1. The zero-order valence-corrected chi connectivity index (χ0v) is 11.3. The third-order valence-corrected chi connectivity index (χ3v) is 3.94. The van der Waals surface area contributed by atoms with Crippen molar-refractivity contribution in [2.24, 2.45) is 0 Å². The van der Waals surface area contributed by atoms with Crippen LogP contribution in [0.25, 0.3) is 0 Å². The zero-order chi connectivity index (χ0) is 13.1. The Morgan fingerprint density at radius 1 is 1.37 bits per heavy atom. The number of aryl methyl sites for hydroxylation is 1. The van der Waals surface area contributed by atoms with E-state index in [-0.39, 0.29) is 0 Å². The van der Waals surface area contributed by atoms with Crippen molar-refractivity contribution in [1.82, 2.24) is 19.9 Å². The first-order valence-electron chi connectivity index (χ1n) is 6.96. The molecular weight excluding hydrogens is 236 g/mol. The smallest absolute Gasteiger partial charge is 0.0951 e. The normalized spacial score (nSPS) is 16.7. The molecule has 19 heavy (non-hydrogen) atoms. The monoisotopic (exact) mass is 256 g/mol. The van der Waals surface area contributed by atoms with Crippen molar-refractivity contribution in [3.05, 3.63) is 47.8 Å². The molecule has 0 saturated carbocycles. The molecule has 0 spiro atoms. The fraction of sp³-hybridized carbons (Fsp3) is 0.467. The highest BCUT2D eigenvalue weighted by molar-refractivity contribution is 5.19. The third-order valence-electron chi connectivity index (χ3n) is 3.94. The van der Waals surface area contributed by atoms with E-state index < -0.39 is 0 Å². The fourth-order valence-electron chi connectivity index (χ4n) is 2.77. The minimum atomic E-state index is 0.632. The number of pyridine rings is 1. The van der Waals surface area contributed by atoms with E-state index in [9.17, 15) is 0 Å². The van der Waals surface area contributed by atoms with Crippen molar-refractivity contribution < 1.29 is 0 Å². The van der Waals surface area contributed by atoms with Gasteiger partial charge in [0.05, 0.1) is 18.6 Å². The van der Waals surface area contributed by atoms with Gasteiger partial charge in [-0.3, -0.25) is 4.98 Å². The van der Waals surface area contributed by atoms with Gasteiger partial charge >= 0.3 is 0 Å². The molecule has 1 saturated heterocycles. The highest BCUT2D eigenvalue weighted by atomic mass is 15.1. The molecule has 100 valence electrons. The zero-order valence-electron chi connectivity index (χ0n) is 11.3. The second-order valence-electron chi connectivity index (χ2n) is 5.24. The van der Waals surface area contributed by atoms with Gasteiger partial charge in [0.15, 0.2) is 0 Å². The molecule has 1 fully saturated rings. The van der Waals surface area contributed by atoms with Crippen LogP contribution < -0.4 is 5.32 Å². The minimum Gasteiger partial charge on any atom is -0.328 e. The Labute approximate surface area is 113 Å². The van der Waals surface area contributed by atoms with Crippen molar-refractivity contribution in [3.63, 3.8) is 0 Å². The Hall–Kier alpha value is -1.68. The fourth-order valence-corrected chi connectivity index (χ4v) is 2.77. The molecule has 0 aliphatic carbocycles. The lowest BCUT2D eigenvalue weighted by atomic mass is 9.95. The SMILES string of the molecule is Cc1cccnc1Cn1cncc1C1CCNCC1. The van der Waals surface area contributed by atoms with Gasteiger partial charge in [0, 0.05) is 24.0 Å². The molecule has 0 radical (unpaired) electrons. The first-order valence-corrected chi connectivity index (χ1v) is 6.96. The van der Waals surface area contributed by atoms with Gasteiger partial charge in [0.2, 0.25) is 0 Å². The Kier molecular flexibility index (Phi) is 3.60. The Morgan fingerprint density at radius 3 is 3.00 bits per heavy atom. The Bertz CT molecular complexity index is 541. The van der Waals surface area contributed by atoms with Gasteiger partial charge in [-0.25, -0.2) is 4.98 Å². The predicted molar refractivity (Wildman–Crippen MR) is 75.1 cm³/mol. The van der Waals surface area contributed by atoms with E-state index in [0.717, 1.165) is 25.3 Å². The number of imidazole rings is 1. The maximum Gasteiger partial charge on any atom is 0.0951 e. The van der Waals surface area contributed by atoms with E-state index in [2.05, 4.69) is 32.8 Å². The molecule has 4 nitrogen and oxygen atoms in total. The van der Waals surface area contributed by atoms with Crippen molar-refractivity contribution in [2.45, 2.75) is 32.2 Å². The van der Waals surface area contributed by atoms with Crippen LogP contribution >= 0.6 is 0 Å². The number of nitrogens with zero attached hydrogens (tertiary/aromatic N) is 3. The Morgan fingerprint density at radius 2 is 2.21 bits per heavy atom. The van der Waals surface area contributed by atoms with Gasteiger partial charge in [-0.05, 0) is 44.5 Å². The first kappa shape index (κ1) is 12.4. The summed E-state index contributed by atoms with van der Waals surface area (Å²) in [7, 11) is 0. The number of nitrogens with one attached hydrogen (secondary N) is 1. The second kappa shape index (κ2) is 5.53. The minimum absolute atomic E-state index is 0.632. The van der Waals surface area contributed by atoms with Gasteiger partial charge in [-0.1, -0.05) is 6.07 Å². The summed E-state index contributed by atoms with van der Waals surface area (Å²) in [6.45, 7) is 5.16. The molecular formula is C15H20N4. The first-order chi connectivity index (χ1) is 9.34. The molecule has 0 bridgehead atoms. The predicted octanol–water partition coefficient (Wildman–Crippen LogP) is 2.10. The molecule has 2 aromatic rings. The summed E-state index contributed by atoms with van der Waals surface area (Å²) in [4.78, 5) is 8.82. The van der Waals surface area contributed by atoms with Crippen LogP contribution in [0.3, 0.4) is 0 Å². The number of hydrogen-bond acceptors (Lipinski definition) is 3. The summed E-state index contributed by atoms with van der Waals surface area (Å²) in [5.41, 5.74) is 3.73. The van der Waals surface area contributed by atoms with E-state index in [1.807, 2.05) is 24.8 Å². The number of aromatic nitrogens is 3. The molecule has 1 aliphatic rings. The van der Waals surface area contributed by atoms with Crippen molar-refractivity contribution >= 4 is 0 Å². The molecule has 0 aromatic carbocycles. The van der Waals surface area contributed by atoms with Gasteiger partial charge in [-0.2, -0.15) is 0 Å². The average molecular weight is 256 g/mol. The second-order valence-corrected chi connectivity index (χ2v) is 5.24. The van der Waals surface area contributed by atoms with E-state index in [1.54, 1.807) is 0 Å². The lowest BCUT2D eigenvalue weighted by Crippen LogP contribution is -2.27. The Balaban J connectivity index is 1.82. The number of rotatable bonds is 3. The van der Waals surface area contributed by atoms with Crippen LogP contribution in [-0.4, -0.2) is 27.6 Å². The lowest BCUT2D eigenvalue weighted by molar-refractivity contribution is 0.442. The molecule has 1 N–H and O–H groups in total. The molecule has 4 heteroatoms. The summed E-state index contributed by atoms with van der Waals surface area (Å²) in [5, 5.41) is 3.41. The quantitative estimate of drug-likeness (QED) is 0.914. The van der Waals surface area contributed by atoms with Crippen LogP contribution in [0.5, 0.6) is 0 Å². The summed E-state index contributed by atoms with van der Waals surface area (Å²) >= 11 is 0. The van der Waals surface area contributed by atoms with Crippen molar-refractivity contribution in [1.29, 1.82) is 0 Å². The van der Waals surface area contributed by atoms with Gasteiger partial charge in [0.1, 0.15) is 0 Å². The van der Waals surface area contributed by atoms with Gasteiger partial charge in [-0.15, -0.1) is 0 Å². The van der Waals surface area contributed by atoms with Gasteiger partial charge < -0.3 is 9.88 Å². The van der Waals surface area contributed by atoms with Crippen LogP contribution in [0.2, 0.25) is 0 Å². The highest BCUT2D eigenvalue weighted by Crippen LogP contribution is 2.25. The third kappa shape index (κ3) is 2.68. The van der Waals surface area contributed by atoms with Crippen molar-refractivity contribution in [3.8, 4) is 0 Å². The van der Waals surface area contributed by atoms with Gasteiger partial charge in [0.25, 0.3) is 0 Å². The lowest BCUT2D eigenvalue weighted by Gasteiger charge is -2.23. The van der Waals surface area contributed by atoms with E-state index in [4.69, 9.17) is 0 Å². The van der Waals surface area contributed by atoms with Crippen LogP contribution in [0.4, 0.5) is 0 Å². The average Bonchev–Trinajstić information content (AvgIpc) is 2.91. The number of hydrogen-bond donors (Lipinski definition) is 1. The van der Waals surface area contributed by atoms with Crippen molar-refractivity contribution in [2.75, 3.05) is 13.1 Å². The van der Waals surface area contributed by atoms with Crippen LogP contribution in [0.15, 0.2) is 30.9 Å². The van der Waals surface area contributed by atoms with Crippen LogP contribution in [0, 0.1) is 6.92 Å². The summed E-state index contributed by atoms with van der Waals surface area (Å²) in [6.07, 6.45) is 8.23. The molecule has 3 heterocycles. The molecule has 3 rings (SSSR count). The molecule has 1 aliphatic heterocycles. The largest absolute Gasteiger partial charge is 0.328 e. The maximum absolute atomic E-state index is 4.48. The summed E-state index contributed by atoms with van der Waals surface area (Å²) < 4.78 is 2.26. The molecule has 0 atom stereocenters. The standard InChI is InChI=1S/C15H20N4/c1-12-3-2-6-18-14(12)10-19-11-17-9-15(19)13-4-7-16-8-5-13/h2-3,6,9,11,13,16H,4-5,7-8,10H2,1H3. The molecule has 0 unspecified atom stereocenters. The highest BCUT2D eigenvalue weighted by Gasteiger charge is 2.19. The van der Waals surface area contributed by atoms with E-state index >= 15 is 0 Å². The topological polar surface area (TPSA) is 42.7 Å². The molecule has 2 aromatic heterocycles. The van der Waals surface area contributed by atoms with E-state index in [1.165, 1.54) is 24.1 Å². The van der Waals surface area contributed by atoms with Crippen LogP contribution in [-0.2, 0) is 6.54 Å². The van der Waals surface area contributed by atoms with E-state index in [0.29, 0.717) is 5.92 Å². The summed E-state index contributed by atoms with van der Waals surface area (Å²) in [5.74, 6) is 0.632. The summed E-state index contributed by atoms with van der Waals surface area (Å²) in [6, 6.07) is 4.10.